The Labute approximate surface area is 112 Å². The molecule has 1 aromatic heterocycles. The van der Waals surface area contributed by atoms with Crippen molar-refractivity contribution < 1.29 is 9.59 Å². The molecule has 1 unspecified atom stereocenters. The predicted molar refractivity (Wildman–Crippen MR) is 72.5 cm³/mol. The minimum Gasteiger partial charge on any atom is -0.285 e. The molecule has 0 aliphatic carbocycles. The van der Waals surface area contributed by atoms with E-state index in [-0.39, 0.29) is 11.1 Å². The number of nitrogens with zero attached hydrogens (tertiary/aromatic N) is 1. The van der Waals surface area contributed by atoms with Gasteiger partial charge >= 0.3 is 0 Å². The summed E-state index contributed by atoms with van der Waals surface area (Å²) in [6.07, 6.45) is 0. The Balaban J connectivity index is 1.87. The Hall–Kier alpha value is -1.53. The van der Waals surface area contributed by atoms with Gasteiger partial charge in [-0.25, -0.2) is 4.98 Å². The summed E-state index contributed by atoms with van der Waals surface area (Å²) in [6.45, 7) is 0. The van der Waals surface area contributed by atoms with E-state index in [4.69, 9.17) is 0 Å². The number of imide groups is 1. The fourth-order valence-electron chi connectivity index (χ4n) is 1.64. The van der Waals surface area contributed by atoms with Gasteiger partial charge in [-0.15, -0.1) is 0 Å². The lowest BCUT2D eigenvalue weighted by Gasteiger charge is -2.05. The van der Waals surface area contributed by atoms with Crippen LogP contribution in [0.15, 0.2) is 41.4 Å². The van der Waals surface area contributed by atoms with Crippen LogP contribution in [0.5, 0.6) is 0 Å². The van der Waals surface area contributed by atoms with Crippen LogP contribution in [0.2, 0.25) is 0 Å². The van der Waals surface area contributed by atoms with E-state index >= 15 is 0 Å². The first-order valence-corrected chi connectivity index (χ1v) is 7.02. The molecule has 0 saturated carbocycles. The van der Waals surface area contributed by atoms with Crippen LogP contribution >= 0.6 is 23.5 Å². The summed E-state index contributed by atoms with van der Waals surface area (Å²) in [5.74, 6) is -0.259. The Morgan fingerprint density at radius 2 is 2.00 bits per heavy atom. The number of rotatable bonds is 2. The highest BCUT2D eigenvalue weighted by Gasteiger charge is 2.32. The Morgan fingerprint density at radius 1 is 1.17 bits per heavy atom. The second-order valence-corrected chi connectivity index (χ2v) is 6.19. The molecule has 1 saturated heterocycles. The van der Waals surface area contributed by atoms with Gasteiger partial charge in [-0.3, -0.25) is 14.9 Å². The summed E-state index contributed by atoms with van der Waals surface area (Å²) in [4.78, 5) is 27.0. The Kier molecular flexibility index (Phi) is 2.97. The Bertz CT molecular complexity index is 645. The van der Waals surface area contributed by atoms with Gasteiger partial charge in [-0.05, 0) is 23.9 Å². The lowest BCUT2D eigenvalue weighted by atomic mass is 10.2. The van der Waals surface area contributed by atoms with E-state index in [1.165, 1.54) is 11.8 Å². The highest BCUT2D eigenvalue weighted by atomic mass is 32.2. The van der Waals surface area contributed by atoms with E-state index in [1.807, 2.05) is 36.4 Å². The molecule has 3 rings (SSSR count). The second-order valence-electron chi connectivity index (χ2n) is 3.69. The zero-order chi connectivity index (χ0) is 12.5. The number of nitrogens with one attached hydrogen (secondary N) is 1. The van der Waals surface area contributed by atoms with Crippen molar-refractivity contribution in [2.24, 2.45) is 0 Å². The monoisotopic (exact) mass is 276 g/mol. The summed E-state index contributed by atoms with van der Waals surface area (Å²) in [6, 6.07) is 11.6. The standard InChI is InChI=1S/C12H8N2O2S2/c15-10-11(18-12(16)14-10)17-9-6-5-7-3-1-2-4-8(7)13-9/h1-6,11H,(H,14,15,16). The topological polar surface area (TPSA) is 59.1 Å². The number of benzene rings is 1. The SMILES string of the molecule is O=C1NC(=O)C(Sc2ccc3ccccc3n2)S1. The lowest BCUT2D eigenvalue weighted by Crippen LogP contribution is -2.22. The summed E-state index contributed by atoms with van der Waals surface area (Å²) in [7, 11) is 0. The number of aromatic nitrogens is 1. The number of carbonyl (C=O) groups is 2. The molecule has 1 N–H and O–H groups in total. The van der Waals surface area contributed by atoms with Crippen LogP contribution in [0.3, 0.4) is 0 Å². The molecule has 0 radical (unpaired) electrons. The van der Waals surface area contributed by atoms with Gasteiger partial charge in [0.25, 0.3) is 11.1 Å². The maximum Gasteiger partial charge on any atom is 0.287 e. The predicted octanol–water partition coefficient (Wildman–Crippen LogP) is 2.64. The van der Waals surface area contributed by atoms with Gasteiger partial charge in [-0.2, -0.15) is 0 Å². The highest BCUT2D eigenvalue weighted by molar-refractivity contribution is 8.26. The van der Waals surface area contributed by atoms with Crippen LogP contribution < -0.4 is 5.32 Å². The number of hydrogen-bond acceptors (Lipinski definition) is 5. The van der Waals surface area contributed by atoms with Gasteiger partial charge in [0.05, 0.1) is 10.5 Å². The van der Waals surface area contributed by atoms with Gasteiger partial charge in [0.15, 0.2) is 0 Å². The quantitative estimate of drug-likeness (QED) is 0.913. The first-order chi connectivity index (χ1) is 8.72. The molecule has 0 spiro atoms. The third-order valence-electron chi connectivity index (χ3n) is 2.45. The van der Waals surface area contributed by atoms with Crippen LogP contribution in [0.25, 0.3) is 10.9 Å². The largest absolute Gasteiger partial charge is 0.287 e. The van der Waals surface area contributed by atoms with E-state index in [2.05, 4.69) is 10.3 Å². The van der Waals surface area contributed by atoms with Gasteiger partial charge in [0.2, 0.25) is 0 Å². The molecule has 90 valence electrons. The number of carbonyl (C=O) groups excluding carboxylic acids is 2. The summed E-state index contributed by atoms with van der Waals surface area (Å²) in [5.41, 5.74) is 0.886. The van der Waals surface area contributed by atoms with E-state index in [0.717, 1.165) is 27.7 Å². The molecule has 1 aromatic carbocycles. The van der Waals surface area contributed by atoms with Crippen LogP contribution in [-0.4, -0.2) is 20.7 Å². The molecule has 1 aliphatic heterocycles. The third-order valence-corrected chi connectivity index (χ3v) is 4.67. The number of thioether (sulfide) groups is 2. The maximum absolute atomic E-state index is 11.5. The normalized spacial score (nSPS) is 19.2. The maximum atomic E-state index is 11.5. The smallest absolute Gasteiger partial charge is 0.285 e. The van der Waals surface area contributed by atoms with Crippen molar-refractivity contribution >= 4 is 45.6 Å². The minimum atomic E-state index is -0.439. The van der Waals surface area contributed by atoms with Crippen molar-refractivity contribution in [2.75, 3.05) is 0 Å². The average Bonchev–Trinajstić information content (AvgIpc) is 2.68. The average molecular weight is 276 g/mol. The van der Waals surface area contributed by atoms with Gasteiger partial charge in [-0.1, -0.05) is 36.0 Å². The van der Waals surface area contributed by atoms with Crippen LogP contribution in [-0.2, 0) is 4.79 Å². The zero-order valence-corrected chi connectivity index (χ0v) is 10.8. The molecule has 6 heteroatoms. The van der Waals surface area contributed by atoms with E-state index in [1.54, 1.807) is 0 Å². The molecule has 18 heavy (non-hydrogen) atoms. The fraction of sp³-hybridized carbons (Fsp3) is 0.0833. The van der Waals surface area contributed by atoms with Crippen LogP contribution in [0, 0.1) is 0 Å². The molecule has 1 fully saturated rings. The van der Waals surface area contributed by atoms with Crippen molar-refractivity contribution in [3.8, 4) is 0 Å². The molecule has 0 bridgehead atoms. The highest BCUT2D eigenvalue weighted by Crippen LogP contribution is 2.34. The third kappa shape index (κ3) is 2.21. The number of hydrogen-bond donors (Lipinski definition) is 1. The zero-order valence-electron chi connectivity index (χ0n) is 9.12. The van der Waals surface area contributed by atoms with Crippen LogP contribution in [0.1, 0.15) is 0 Å². The number of para-hydroxylation sites is 1. The summed E-state index contributed by atoms with van der Waals surface area (Å²) >= 11 is 2.29. The van der Waals surface area contributed by atoms with Gasteiger partial charge in [0.1, 0.15) is 4.58 Å². The molecular formula is C12H8N2O2S2. The second kappa shape index (κ2) is 4.62. The number of pyridine rings is 1. The van der Waals surface area contributed by atoms with Crippen molar-refractivity contribution in [3.05, 3.63) is 36.4 Å². The van der Waals surface area contributed by atoms with E-state index < -0.39 is 4.58 Å². The first kappa shape index (κ1) is 11.6. The minimum absolute atomic E-state index is 0.259. The molecule has 2 aromatic rings. The van der Waals surface area contributed by atoms with Crippen molar-refractivity contribution in [1.29, 1.82) is 0 Å². The lowest BCUT2D eigenvalue weighted by molar-refractivity contribution is -0.117. The molecular weight excluding hydrogens is 268 g/mol. The molecule has 2 amide bonds. The van der Waals surface area contributed by atoms with Crippen molar-refractivity contribution in [3.63, 3.8) is 0 Å². The molecule has 4 nitrogen and oxygen atoms in total. The molecule has 1 aliphatic rings. The molecule has 2 heterocycles. The fourth-order valence-corrected chi connectivity index (χ4v) is 3.59. The number of amides is 2. The molecule has 1 atom stereocenters. The van der Waals surface area contributed by atoms with Crippen LogP contribution in [0.4, 0.5) is 4.79 Å². The summed E-state index contributed by atoms with van der Waals surface area (Å²) in [5, 5.41) is 3.77. The van der Waals surface area contributed by atoms with E-state index in [0.29, 0.717) is 0 Å². The van der Waals surface area contributed by atoms with Crippen molar-refractivity contribution in [2.45, 2.75) is 9.61 Å². The first-order valence-electron chi connectivity index (χ1n) is 5.26. The Morgan fingerprint density at radius 3 is 2.78 bits per heavy atom. The van der Waals surface area contributed by atoms with E-state index in [9.17, 15) is 9.59 Å². The van der Waals surface area contributed by atoms with Gasteiger partial charge < -0.3 is 0 Å². The summed E-state index contributed by atoms with van der Waals surface area (Å²) < 4.78 is -0.439. The number of fused-ring (bicyclic) bond motifs is 1. The van der Waals surface area contributed by atoms with Crippen molar-refractivity contribution in [1.82, 2.24) is 10.3 Å². The van der Waals surface area contributed by atoms with Gasteiger partial charge in [0, 0.05) is 5.39 Å².